The van der Waals surface area contributed by atoms with Gasteiger partial charge in [-0.05, 0) is 70.5 Å². The van der Waals surface area contributed by atoms with E-state index in [0.29, 0.717) is 66.3 Å². The summed E-state index contributed by atoms with van der Waals surface area (Å²) in [6.07, 6.45) is -0.605. The van der Waals surface area contributed by atoms with Crippen molar-refractivity contribution in [2.24, 2.45) is 0 Å². The zero-order valence-corrected chi connectivity index (χ0v) is 22.5. The highest BCUT2D eigenvalue weighted by atomic mass is 16.5. The van der Waals surface area contributed by atoms with E-state index >= 15 is 0 Å². The molecule has 0 bridgehead atoms. The Morgan fingerprint density at radius 1 is 0.921 bits per heavy atom. The molecule has 4 rings (SSSR count). The highest BCUT2D eigenvalue weighted by molar-refractivity contribution is 6.06. The van der Waals surface area contributed by atoms with Crippen LogP contribution in [-0.2, 0) is 11.3 Å². The van der Waals surface area contributed by atoms with Crippen LogP contribution in [0.1, 0.15) is 49.2 Å². The Balaban J connectivity index is 1.63. The summed E-state index contributed by atoms with van der Waals surface area (Å²) >= 11 is 0. The van der Waals surface area contributed by atoms with E-state index in [0.717, 1.165) is 11.1 Å². The Morgan fingerprint density at radius 2 is 1.55 bits per heavy atom. The van der Waals surface area contributed by atoms with Crippen LogP contribution in [0.15, 0.2) is 54.6 Å². The van der Waals surface area contributed by atoms with Crippen molar-refractivity contribution >= 4 is 23.2 Å². The number of carbonyl (C=O) groups is 2. The van der Waals surface area contributed by atoms with Gasteiger partial charge in [0.1, 0.15) is 5.75 Å². The van der Waals surface area contributed by atoms with Crippen LogP contribution in [0.2, 0.25) is 0 Å². The van der Waals surface area contributed by atoms with Gasteiger partial charge in [0.15, 0.2) is 17.6 Å². The van der Waals surface area contributed by atoms with E-state index < -0.39 is 6.10 Å². The fourth-order valence-corrected chi connectivity index (χ4v) is 4.25. The summed E-state index contributed by atoms with van der Waals surface area (Å²) < 4.78 is 23.1. The first-order chi connectivity index (χ1) is 18.3. The minimum Gasteiger partial charge on any atom is -0.490 e. The van der Waals surface area contributed by atoms with Crippen LogP contribution < -0.4 is 29.2 Å². The predicted molar refractivity (Wildman–Crippen MR) is 147 cm³/mol. The van der Waals surface area contributed by atoms with Crippen molar-refractivity contribution in [2.75, 3.05) is 30.0 Å². The number of anilines is 2. The summed E-state index contributed by atoms with van der Waals surface area (Å²) in [5.41, 5.74) is 3.63. The van der Waals surface area contributed by atoms with Crippen molar-refractivity contribution in [3.8, 4) is 23.0 Å². The van der Waals surface area contributed by atoms with Gasteiger partial charge >= 0.3 is 0 Å². The Labute approximate surface area is 223 Å². The zero-order valence-electron chi connectivity index (χ0n) is 22.5. The Morgan fingerprint density at radius 3 is 2.16 bits per heavy atom. The molecule has 0 radical (unpaired) electrons. The summed E-state index contributed by atoms with van der Waals surface area (Å²) in [4.78, 5) is 28.1. The van der Waals surface area contributed by atoms with E-state index in [1.165, 1.54) is 0 Å². The van der Waals surface area contributed by atoms with Crippen LogP contribution >= 0.6 is 0 Å². The second-order valence-corrected chi connectivity index (χ2v) is 8.91. The molecule has 3 aromatic rings. The number of rotatable bonds is 10. The lowest BCUT2D eigenvalue weighted by atomic mass is 10.1. The zero-order chi connectivity index (χ0) is 27.2. The van der Waals surface area contributed by atoms with Gasteiger partial charge in [0.2, 0.25) is 5.75 Å². The third-order valence-electron chi connectivity index (χ3n) is 6.06. The number of hydrogen-bond acceptors (Lipinski definition) is 6. The van der Waals surface area contributed by atoms with Gasteiger partial charge in [0, 0.05) is 11.3 Å². The lowest BCUT2D eigenvalue weighted by Gasteiger charge is -2.33. The first kappa shape index (κ1) is 26.9. The molecule has 2 amide bonds. The van der Waals surface area contributed by atoms with Crippen molar-refractivity contribution in [1.29, 1.82) is 0 Å². The highest BCUT2D eigenvalue weighted by Gasteiger charge is 2.32. The van der Waals surface area contributed by atoms with Crippen molar-refractivity contribution < 1.29 is 28.5 Å². The minimum absolute atomic E-state index is 0.143. The third kappa shape index (κ3) is 5.85. The maximum atomic E-state index is 13.3. The van der Waals surface area contributed by atoms with Crippen molar-refractivity contribution in [2.45, 2.75) is 47.3 Å². The van der Waals surface area contributed by atoms with Gasteiger partial charge in [-0.15, -0.1) is 0 Å². The number of nitrogens with zero attached hydrogens (tertiary/aromatic N) is 1. The van der Waals surface area contributed by atoms with Crippen LogP contribution in [-0.4, -0.2) is 37.7 Å². The SMILES string of the molecule is CCOc1cc(C(=O)Nc2ccc3c(c2)N(Cc2ccc(C)cc2)C(=O)C(C)O3)cc(OCC)c1OCC. The average molecular weight is 519 g/mol. The van der Waals surface area contributed by atoms with Crippen LogP contribution in [0, 0.1) is 6.92 Å². The van der Waals surface area contributed by atoms with Crippen molar-refractivity contribution in [3.05, 3.63) is 71.3 Å². The van der Waals surface area contributed by atoms with E-state index in [1.54, 1.807) is 42.2 Å². The lowest BCUT2D eigenvalue weighted by molar-refractivity contribution is -0.125. The summed E-state index contributed by atoms with van der Waals surface area (Å²) in [5.74, 6) is 1.44. The second kappa shape index (κ2) is 11.9. The Hall–Kier alpha value is -4.20. The number of fused-ring (bicyclic) bond motifs is 1. The number of benzene rings is 3. The molecule has 8 nitrogen and oxygen atoms in total. The molecule has 0 saturated carbocycles. The maximum Gasteiger partial charge on any atom is 0.268 e. The largest absolute Gasteiger partial charge is 0.490 e. The number of ether oxygens (including phenoxy) is 4. The van der Waals surface area contributed by atoms with E-state index in [2.05, 4.69) is 5.32 Å². The standard InChI is InChI=1S/C30H34N2O6/c1-6-35-26-15-22(16-27(36-7-2)28(26)37-8-3)29(33)31-23-13-14-25-24(17-23)32(30(34)20(5)38-25)18-21-11-9-19(4)10-12-21/h9-17,20H,6-8,18H2,1-5H3,(H,31,33). The number of amides is 2. The quantitative estimate of drug-likeness (QED) is 0.367. The number of carbonyl (C=O) groups excluding carboxylic acids is 2. The van der Waals surface area contributed by atoms with E-state index in [1.807, 2.05) is 52.0 Å². The molecular formula is C30H34N2O6. The molecule has 1 N–H and O–H groups in total. The van der Waals surface area contributed by atoms with Crippen LogP contribution in [0.4, 0.5) is 11.4 Å². The molecule has 200 valence electrons. The molecule has 0 aromatic heterocycles. The molecule has 3 aromatic carbocycles. The van der Waals surface area contributed by atoms with Crippen molar-refractivity contribution in [1.82, 2.24) is 0 Å². The molecular weight excluding hydrogens is 484 g/mol. The van der Waals surface area contributed by atoms with E-state index in [4.69, 9.17) is 18.9 Å². The molecule has 0 spiro atoms. The van der Waals surface area contributed by atoms with Gasteiger partial charge in [-0.25, -0.2) is 0 Å². The third-order valence-corrected chi connectivity index (χ3v) is 6.06. The van der Waals surface area contributed by atoms with Gasteiger partial charge in [-0.3, -0.25) is 9.59 Å². The summed E-state index contributed by atoms with van der Waals surface area (Å²) in [6, 6.07) is 16.6. The molecule has 1 atom stereocenters. The van der Waals surface area contributed by atoms with Gasteiger partial charge in [-0.1, -0.05) is 29.8 Å². The summed E-state index contributed by atoms with van der Waals surface area (Å²) in [5, 5.41) is 2.93. The molecule has 1 aliphatic heterocycles. The van der Waals surface area contributed by atoms with Crippen LogP contribution in [0.3, 0.4) is 0 Å². The van der Waals surface area contributed by atoms with Gasteiger partial charge < -0.3 is 29.2 Å². The monoisotopic (exact) mass is 518 g/mol. The normalized spacial score (nSPS) is 14.4. The predicted octanol–water partition coefficient (Wildman–Crippen LogP) is 5.76. The van der Waals surface area contributed by atoms with Gasteiger partial charge in [-0.2, -0.15) is 0 Å². The molecule has 1 unspecified atom stereocenters. The topological polar surface area (TPSA) is 86.3 Å². The van der Waals surface area contributed by atoms with Gasteiger partial charge in [0.25, 0.3) is 11.8 Å². The average Bonchev–Trinajstić information content (AvgIpc) is 2.90. The molecule has 0 saturated heterocycles. The summed E-state index contributed by atoms with van der Waals surface area (Å²) in [7, 11) is 0. The van der Waals surface area contributed by atoms with E-state index in [9.17, 15) is 9.59 Å². The first-order valence-electron chi connectivity index (χ1n) is 12.9. The molecule has 1 heterocycles. The van der Waals surface area contributed by atoms with Crippen LogP contribution in [0.25, 0.3) is 0 Å². The number of hydrogen-bond donors (Lipinski definition) is 1. The van der Waals surface area contributed by atoms with Gasteiger partial charge in [0.05, 0.1) is 32.1 Å². The molecule has 0 aliphatic carbocycles. The number of aryl methyl sites for hydroxylation is 1. The highest BCUT2D eigenvalue weighted by Crippen LogP contribution is 2.40. The van der Waals surface area contributed by atoms with Crippen LogP contribution in [0.5, 0.6) is 23.0 Å². The molecule has 8 heteroatoms. The Kier molecular flexibility index (Phi) is 8.41. The minimum atomic E-state index is -0.605. The van der Waals surface area contributed by atoms with Crippen molar-refractivity contribution in [3.63, 3.8) is 0 Å². The number of nitrogens with one attached hydrogen (secondary N) is 1. The smallest absolute Gasteiger partial charge is 0.268 e. The molecule has 0 fully saturated rings. The maximum absolute atomic E-state index is 13.3. The second-order valence-electron chi connectivity index (χ2n) is 8.91. The molecule has 1 aliphatic rings. The summed E-state index contributed by atoms with van der Waals surface area (Å²) in [6.45, 7) is 11.0. The fraction of sp³-hybridized carbons (Fsp3) is 0.333. The Bertz CT molecular complexity index is 1280. The fourth-order valence-electron chi connectivity index (χ4n) is 4.25. The lowest BCUT2D eigenvalue weighted by Crippen LogP contribution is -2.44. The molecule has 38 heavy (non-hydrogen) atoms. The first-order valence-corrected chi connectivity index (χ1v) is 12.9. The van der Waals surface area contributed by atoms with E-state index in [-0.39, 0.29) is 11.8 Å².